The number of carboxylic acids is 2. The van der Waals surface area contributed by atoms with Crippen LogP contribution in [0.2, 0.25) is 0 Å². The molecule has 8 rings (SSSR count). The lowest BCUT2D eigenvalue weighted by Gasteiger charge is -2.63. The summed E-state index contributed by atoms with van der Waals surface area (Å²) < 4.78 is 8.87. The lowest BCUT2D eigenvalue weighted by Crippen LogP contribution is -2.77. The molecular formula is C32H35N3O10S. The van der Waals surface area contributed by atoms with Crippen LogP contribution in [0.15, 0.2) is 41.2 Å². The number of phenols is 1. The Bertz CT molecular complexity index is 1850. The van der Waals surface area contributed by atoms with Gasteiger partial charge in [-0.2, -0.15) is 0 Å². The number of ether oxygens (including phenoxy) is 1. The topological polar surface area (TPSA) is 215 Å². The number of rotatable bonds is 6. The first kappa shape index (κ1) is 30.8. The van der Waals surface area contributed by atoms with Gasteiger partial charge < -0.3 is 45.7 Å². The van der Waals surface area contributed by atoms with E-state index >= 15 is 0 Å². The van der Waals surface area contributed by atoms with Crippen LogP contribution in [-0.4, -0.2) is 88.6 Å². The molecule has 3 fully saturated rings. The van der Waals surface area contributed by atoms with Gasteiger partial charge in [-0.3, -0.25) is 9.36 Å². The van der Waals surface area contributed by atoms with Crippen LogP contribution in [0.5, 0.6) is 11.5 Å². The van der Waals surface area contributed by atoms with Crippen molar-refractivity contribution >= 4 is 35.1 Å². The Morgan fingerprint density at radius 2 is 1.78 bits per heavy atom. The molecule has 8 atom stereocenters. The van der Waals surface area contributed by atoms with Crippen LogP contribution in [0.1, 0.15) is 49.3 Å². The van der Waals surface area contributed by atoms with Crippen molar-refractivity contribution in [3.05, 3.63) is 62.6 Å². The van der Waals surface area contributed by atoms with E-state index in [1.807, 2.05) is 30.3 Å². The normalized spacial score (nSPS) is 31.5. The summed E-state index contributed by atoms with van der Waals surface area (Å²) in [6.45, 7) is 0.751. The smallest absolute Gasteiger partial charge is 0.335 e. The zero-order chi connectivity index (χ0) is 32.7. The van der Waals surface area contributed by atoms with Gasteiger partial charge in [-0.25, -0.2) is 9.59 Å². The molecule has 3 heterocycles. The van der Waals surface area contributed by atoms with Crippen LogP contribution in [0, 0.1) is 16.6 Å². The Morgan fingerprint density at radius 3 is 2.46 bits per heavy atom. The van der Waals surface area contributed by atoms with Gasteiger partial charge in [0, 0.05) is 11.6 Å². The van der Waals surface area contributed by atoms with Crippen molar-refractivity contribution in [2.24, 2.45) is 11.8 Å². The number of aliphatic hydroxyl groups excluding tert-OH is 2. The van der Waals surface area contributed by atoms with E-state index < -0.39 is 41.3 Å². The fourth-order valence-corrected chi connectivity index (χ4v) is 8.93. The summed E-state index contributed by atoms with van der Waals surface area (Å²) >= 11 is 5.84. The van der Waals surface area contributed by atoms with Gasteiger partial charge in [-0.05, 0) is 80.0 Å². The predicted molar refractivity (Wildman–Crippen MR) is 164 cm³/mol. The lowest BCUT2D eigenvalue weighted by atomic mass is 9.46. The minimum absolute atomic E-state index is 0.0231. The Morgan fingerprint density at radius 1 is 1.09 bits per heavy atom. The van der Waals surface area contributed by atoms with Gasteiger partial charge in [-0.15, -0.1) is 0 Å². The Labute approximate surface area is 267 Å². The molecule has 13 nitrogen and oxygen atoms in total. The van der Waals surface area contributed by atoms with E-state index in [1.165, 1.54) is 12.8 Å². The highest BCUT2D eigenvalue weighted by atomic mass is 32.1. The van der Waals surface area contributed by atoms with Crippen molar-refractivity contribution in [3.8, 4) is 11.5 Å². The molecule has 1 spiro atoms. The van der Waals surface area contributed by atoms with Crippen LogP contribution in [-0.2, 0) is 21.4 Å². The quantitative estimate of drug-likeness (QED) is 0.177. The zero-order valence-electron chi connectivity index (χ0n) is 24.6. The van der Waals surface area contributed by atoms with Crippen LogP contribution < -0.4 is 15.6 Å². The van der Waals surface area contributed by atoms with E-state index in [0.717, 1.165) is 29.6 Å². The van der Waals surface area contributed by atoms with E-state index in [0.29, 0.717) is 41.1 Å². The maximum absolute atomic E-state index is 14.0. The number of hydrogen-bond acceptors (Lipinski definition) is 10. The summed E-state index contributed by atoms with van der Waals surface area (Å²) in [5.41, 5.74) is 0.940. The lowest BCUT2D eigenvalue weighted by molar-refractivity contribution is -0.181. The van der Waals surface area contributed by atoms with E-state index in [2.05, 4.69) is 10.3 Å². The first-order valence-electron chi connectivity index (χ1n) is 15.4. The number of nitrogens with one attached hydrogen (secondary N) is 2. The van der Waals surface area contributed by atoms with Gasteiger partial charge in [0.25, 0.3) is 5.56 Å². The highest BCUT2D eigenvalue weighted by molar-refractivity contribution is 7.71. The third-order valence-electron chi connectivity index (χ3n) is 10.7. The van der Waals surface area contributed by atoms with Crippen LogP contribution in [0.3, 0.4) is 0 Å². The largest absolute Gasteiger partial charge is 0.504 e. The van der Waals surface area contributed by atoms with E-state index in [-0.39, 0.29) is 29.3 Å². The number of aromatic amines is 1. The van der Waals surface area contributed by atoms with Gasteiger partial charge in [0.15, 0.2) is 28.5 Å². The minimum atomic E-state index is -2.27. The number of carbonyl (C=O) groups is 2. The molecule has 244 valence electrons. The highest BCUT2D eigenvalue weighted by Crippen LogP contribution is 2.67. The first-order valence-corrected chi connectivity index (χ1v) is 15.8. The highest BCUT2D eigenvalue weighted by Gasteiger charge is 2.74. The van der Waals surface area contributed by atoms with Crippen LogP contribution in [0.4, 0.5) is 0 Å². The Hall–Kier alpha value is -3.82. The maximum Gasteiger partial charge on any atom is 0.335 e. The van der Waals surface area contributed by atoms with E-state index in [1.54, 1.807) is 10.6 Å². The first-order chi connectivity index (χ1) is 21.9. The Balaban J connectivity index is 0.000000296. The van der Waals surface area contributed by atoms with Crippen molar-refractivity contribution in [2.75, 3.05) is 6.54 Å². The van der Waals surface area contributed by atoms with Crippen molar-refractivity contribution in [1.29, 1.82) is 0 Å². The molecule has 0 radical (unpaired) electrons. The zero-order valence-corrected chi connectivity index (χ0v) is 25.4. The standard InChI is InChI=1S/C28H29N3O4S.C4H6O6/c32-19-8-7-15-12-20-28(34)13-16(11-14-5-6-14)22(24-27(28,9-10-29-20)21(15)23(19)35-24)31-25(33)17-3-1-2-4-18(17)30-26(31)36;5-1(3(7)8)2(6)4(9)10/h1-4,7-8,14,16,20,22,24,29,32,34H,5-6,9-13H2,(H,30,36);1-2,5-6H,(H,7,8)(H,9,10)/t16?,20?,22-,24+,27+,28?;/m1./s1. The summed E-state index contributed by atoms with van der Waals surface area (Å²) in [6.07, 6.45) is 0.228. The summed E-state index contributed by atoms with van der Waals surface area (Å²) in [4.78, 5) is 36.9. The van der Waals surface area contributed by atoms with Crippen LogP contribution >= 0.6 is 12.2 Å². The molecule has 3 aliphatic carbocycles. The minimum Gasteiger partial charge on any atom is -0.504 e. The number of aliphatic hydroxyl groups is 3. The monoisotopic (exact) mass is 653 g/mol. The second-order valence-electron chi connectivity index (χ2n) is 13.2. The molecule has 1 saturated heterocycles. The number of aromatic nitrogens is 2. The molecule has 3 aromatic rings. The number of piperidine rings is 1. The van der Waals surface area contributed by atoms with Crippen molar-refractivity contribution in [2.45, 2.75) is 79.9 Å². The van der Waals surface area contributed by atoms with Gasteiger partial charge >= 0.3 is 11.9 Å². The number of aliphatic carboxylic acids is 2. The van der Waals surface area contributed by atoms with Crippen LogP contribution in [0.25, 0.3) is 10.9 Å². The second-order valence-corrected chi connectivity index (χ2v) is 13.6. The van der Waals surface area contributed by atoms with Crippen molar-refractivity contribution < 1.29 is 45.0 Å². The summed E-state index contributed by atoms with van der Waals surface area (Å²) in [6, 6.07) is 10.7. The van der Waals surface area contributed by atoms with Gasteiger partial charge in [0.1, 0.15) is 6.10 Å². The summed E-state index contributed by atoms with van der Waals surface area (Å²) in [5.74, 6) is -2.32. The number of fused-ring (bicyclic) bond motifs is 1. The third-order valence-corrected chi connectivity index (χ3v) is 11.0. The van der Waals surface area contributed by atoms with Gasteiger partial charge in [-0.1, -0.05) is 31.0 Å². The molecule has 5 unspecified atom stereocenters. The number of para-hydroxylation sites is 1. The number of phenolic OH excluding ortho intramolecular Hbond substituents is 1. The number of H-pyrrole nitrogens is 1. The van der Waals surface area contributed by atoms with Gasteiger partial charge in [0.05, 0.1) is 28.0 Å². The number of benzene rings is 2. The van der Waals surface area contributed by atoms with Crippen molar-refractivity contribution in [3.63, 3.8) is 0 Å². The second kappa shape index (κ2) is 10.9. The average Bonchev–Trinajstić information content (AvgIpc) is 3.76. The molecule has 2 aromatic carbocycles. The fourth-order valence-electron chi connectivity index (χ4n) is 8.61. The molecule has 1 aromatic heterocycles. The number of aromatic hydroxyl groups is 1. The Kier molecular flexibility index (Phi) is 7.29. The maximum atomic E-state index is 14.0. The number of nitrogens with zero attached hydrogens (tertiary/aromatic N) is 1. The average molecular weight is 654 g/mol. The van der Waals surface area contributed by atoms with Crippen molar-refractivity contribution in [1.82, 2.24) is 14.9 Å². The molecule has 8 N–H and O–H groups in total. The molecule has 14 heteroatoms. The number of hydrogen-bond donors (Lipinski definition) is 8. The van der Waals surface area contributed by atoms with Gasteiger partial charge in [0.2, 0.25) is 0 Å². The molecule has 2 aliphatic heterocycles. The summed E-state index contributed by atoms with van der Waals surface area (Å²) in [7, 11) is 0. The van der Waals surface area contributed by atoms with E-state index in [4.69, 9.17) is 37.4 Å². The molecule has 2 saturated carbocycles. The summed E-state index contributed by atoms with van der Waals surface area (Å²) in [5, 5.41) is 60.3. The van der Waals surface area contributed by atoms with E-state index in [9.17, 15) is 24.6 Å². The molecule has 0 amide bonds. The molecule has 2 bridgehead atoms. The fraction of sp³-hybridized carbons (Fsp3) is 0.500. The molecule has 5 aliphatic rings. The SMILES string of the molecule is O=C(O)C(O)C(O)C(=O)O.O=c1c2ccccc2[nH]c(=S)n1[C@@H]1C(CC2CC2)CC2(O)C3Cc4ccc(O)c5c4[C@@]2(CCN3)[C@H]1O5. The number of carboxylic acid groups (broad SMARTS) is 2. The molecule has 46 heavy (non-hydrogen) atoms. The third kappa shape index (κ3) is 4.42. The predicted octanol–water partition coefficient (Wildman–Crippen LogP) is 1.35. The molecular weight excluding hydrogens is 618 g/mol.